The van der Waals surface area contributed by atoms with E-state index in [1.165, 1.54) is 6.33 Å². The molecule has 3 rings (SSSR count). The fraction of sp³-hybridized carbons (Fsp3) is 0.0625. The van der Waals surface area contributed by atoms with Crippen LogP contribution in [0.3, 0.4) is 0 Å². The number of halogens is 1. The Morgan fingerprint density at radius 3 is 2.77 bits per heavy atom. The number of anilines is 2. The first kappa shape index (κ1) is 14.3. The zero-order valence-corrected chi connectivity index (χ0v) is 12.6. The summed E-state index contributed by atoms with van der Waals surface area (Å²) in [6.45, 7) is 0. The number of hydrogen-bond acceptors (Lipinski definition) is 5. The van der Waals surface area contributed by atoms with Gasteiger partial charge in [0.15, 0.2) is 5.82 Å². The summed E-state index contributed by atoms with van der Waals surface area (Å²) < 4.78 is 5.39. The normalized spacial score (nSPS) is 10.3. The molecule has 0 fully saturated rings. The highest BCUT2D eigenvalue weighted by molar-refractivity contribution is 6.32. The van der Waals surface area contributed by atoms with E-state index >= 15 is 0 Å². The van der Waals surface area contributed by atoms with Crippen molar-refractivity contribution in [3.63, 3.8) is 0 Å². The molecule has 2 aromatic heterocycles. The van der Waals surface area contributed by atoms with E-state index in [9.17, 15) is 0 Å². The maximum absolute atomic E-state index is 6.10. The van der Waals surface area contributed by atoms with Crippen LogP contribution >= 0.6 is 11.6 Å². The van der Waals surface area contributed by atoms with Gasteiger partial charge >= 0.3 is 0 Å². The van der Waals surface area contributed by atoms with E-state index in [-0.39, 0.29) is 0 Å². The van der Waals surface area contributed by atoms with Gasteiger partial charge in [-0.1, -0.05) is 29.8 Å². The van der Waals surface area contributed by atoms with E-state index in [4.69, 9.17) is 16.3 Å². The SMILES string of the molecule is COc1cccnc1-c1ccccc1Nc1ncncc1Cl. The molecule has 0 unspecified atom stereocenters. The summed E-state index contributed by atoms with van der Waals surface area (Å²) in [6, 6.07) is 11.5. The molecule has 0 saturated carbocycles. The Kier molecular flexibility index (Phi) is 4.16. The van der Waals surface area contributed by atoms with Gasteiger partial charge in [-0.3, -0.25) is 4.98 Å². The van der Waals surface area contributed by atoms with Crippen LogP contribution in [0, 0.1) is 0 Å². The molecular formula is C16H13ClN4O. The zero-order valence-electron chi connectivity index (χ0n) is 11.8. The Labute approximate surface area is 133 Å². The molecule has 5 nitrogen and oxygen atoms in total. The monoisotopic (exact) mass is 312 g/mol. The van der Waals surface area contributed by atoms with Gasteiger partial charge in [0, 0.05) is 17.4 Å². The minimum Gasteiger partial charge on any atom is -0.494 e. The van der Waals surface area contributed by atoms with Crippen molar-refractivity contribution in [1.29, 1.82) is 0 Å². The van der Waals surface area contributed by atoms with Crippen molar-refractivity contribution >= 4 is 23.1 Å². The first-order chi connectivity index (χ1) is 10.8. The van der Waals surface area contributed by atoms with Crippen LogP contribution in [0.15, 0.2) is 55.1 Å². The summed E-state index contributed by atoms with van der Waals surface area (Å²) in [5.41, 5.74) is 2.48. The van der Waals surface area contributed by atoms with E-state index in [1.54, 1.807) is 19.5 Å². The number of ether oxygens (including phenoxy) is 1. The molecule has 0 bridgehead atoms. The number of nitrogens with one attached hydrogen (secondary N) is 1. The Morgan fingerprint density at radius 2 is 1.95 bits per heavy atom. The molecule has 1 aromatic carbocycles. The van der Waals surface area contributed by atoms with Gasteiger partial charge in [-0.05, 0) is 18.2 Å². The number of pyridine rings is 1. The maximum atomic E-state index is 6.10. The highest BCUT2D eigenvalue weighted by Crippen LogP contribution is 2.34. The van der Waals surface area contributed by atoms with Gasteiger partial charge in [-0.25, -0.2) is 9.97 Å². The maximum Gasteiger partial charge on any atom is 0.152 e. The summed E-state index contributed by atoms with van der Waals surface area (Å²) in [7, 11) is 1.62. The molecule has 1 N–H and O–H groups in total. The van der Waals surface area contributed by atoms with E-state index in [0.717, 1.165) is 16.9 Å². The third-order valence-electron chi connectivity index (χ3n) is 3.09. The quantitative estimate of drug-likeness (QED) is 0.790. The second-order valence-corrected chi connectivity index (χ2v) is 4.85. The zero-order chi connectivity index (χ0) is 15.4. The van der Waals surface area contributed by atoms with E-state index in [2.05, 4.69) is 20.3 Å². The molecule has 110 valence electrons. The Morgan fingerprint density at radius 1 is 1.09 bits per heavy atom. The van der Waals surface area contributed by atoms with Crippen LogP contribution in [0.5, 0.6) is 5.75 Å². The van der Waals surface area contributed by atoms with Gasteiger partial charge in [0.25, 0.3) is 0 Å². The highest BCUT2D eigenvalue weighted by atomic mass is 35.5. The number of rotatable bonds is 4. The van der Waals surface area contributed by atoms with Gasteiger partial charge in [0.05, 0.1) is 13.3 Å². The first-order valence-corrected chi connectivity index (χ1v) is 6.98. The lowest BCUT2D eigenvalue weighted by molar-refractivity contribution is 0.415. The summed E-state index contributed by atoms with van der Waals surface area (Å²) >= 11 is 6.10. The van der Waals surface area contributed by atoms with Crippen LogP contribution in [-0.4, -0.2) is 22.1 Å². The average Bonchev–Trinajstić information content (AvgIpc) is 2.57. The molecule has 0 atom stereocenters. The van der Waals surface area contributed by atoms with Gasteiger partial charge < -0.3 is 10.1 Å². The summed E-state index contributed by atoms with van der Waals surface area (Å²) in [4.78, 5) is 12.4. The van der Waals surface area contributed by atoms with E-state index in [1.807, 2.05) is 36.4 Å². The van der Waals surface area contributed by atoms with Crippen LogP contribution in [-0.2, 0) is 0 Å². The van der Waals surface area contributed by atoms with Crippen molar-refractivity contribution in [3.8, 4) is 17.0 Å². The minimum absolute atomic E-state index is 0.449. The van der Waals surface area contributed by atoms with Crippen LogP contribution in [0.1, 0.15) is 0 Å². The number of aromatic nitrogens is 3. The van der Waals surface area contributed by atoms with Crippen molar-refractivity contribution in [2.45, 2.75) is 0 Å². The van der Waals surface area contributed by atoms with Crippen LogP contribution in [0.25, 0.3) is 11.3 Å². The number of methoxy groups -OCH3 is 1. The second-order valence-electron chi connectivity index (χ2n) is 4.44. The smallest absolute Gasteiger partial charge is 0.152 e. The number of hydrogen-bond donors (Lipinski definition) is 1. The fourth-order valence-corrected chi connectivity index (χ4v) is 2.24. The van der Waals surface area contributed by atoms with Gasteiger partial charge in [-0.2, -0.15) is 0 Å². The summed E-state index contributed by atoms with van der Waals surface area (Å²) in [5, 5.41) is 3.66. The van der Waals surface area contributed by atoms with Crippen LogP contribution < -0.4 is 10.1 Å². The van der Waals surface area contributed by atoms with Crippen molar-refractivity contribution in [2.75, 3.05) is 12.4 Å². The lowest BCUT2D eigenvalue weighted by Crippen LogP contribution is -1.98. The lowest BCUT2D eigenvalue weighted by Gasteiger charge is -2.13. The molecule has 0 radical (unpaired) electrons. The molecule has 0 aliphatic heterocycles. The molecule has 0 aliphatic rings. The fourth-order valence-electron chi connectivity index (χ4n) is 2.09. The summed E-state index contributed by atoms with van der Waals surface area (Å²) in [5.74, 6) is 1.24. The van der Waals surface area contributed by atoms with Crippen molar-refractivity contribution in [3.05, 3.63) is 60.1 Å². The molecule has 22 heavy (non-hydrogen) atoms. The van der Waals surface area contributed by atoms with Gasteiger partial charge in [-0.15, -0.1) is 0 Å². The molecule has 0 saturated heterocycles. The molecule has 0 aliphatic carbocycles. The third-order valence-corrected chi connectivity index (χ3v) is 3.37. The Bertz CT molecular complexity index is 794. The summed E-state index contributed by atoms with van der Waals surface area (Å²) in [6.07, 6.45) is 4.71. The first-order valence-electron chi connectivity index (χ1n) is 6.60. The molecule has 2 heterocycles. The predicted octanol–water partition coefficient (Wildman–Crippen LogP) is 3.94. The molecule has 6 heteroatoms. The standard InChI is InChI=1S/C16H13ClN4O/c1-22-14-7-4-8-19-15(14)11-5-2-3-6-13(11)21-16-12(17)9-18-10-20-16/h2-10H,1H3,(H,18,20,21). The predicted molar refractivity (Wildman–Crippen MR) is 86.5 cm³/mol. The van der Waals surface area contributed by atoms with Crippen molar-refractivity contribution in [2.24, 2.45) is 0 Å². The minimum atomic E-state index is 0.449. The number of para-hydroxylation sites is 1. The van der Waals surface area contributed by atoms with Gasteiger partial charge in [0.1, 0.15) is 22.8 Å². The van der Waals surface area contributed by atoms with Crippen molar-refractivity contribution < 1.29 is 4.74 Å². The molecule has 0 amide bonds. The van der Waals surface area contributed by atoms with Crippen LogP contribution in [0.4, 0.5) is 11.5 Å². The van der Waals surface area contributed by atoms with E-state index < -0.39 is 0 Å². The lowest BCUT2D eigenvalue weighted by atomic mass is 10.1. The van der Waals surface area contributed by atoms with Gasteiger partial charge in [0.2, 0.25) is 0 Å². The topological polar surface area (TPSA) is 59.9 Å². The largest absolute Gasteiger partial charge is 0.494 e. The molecule has 0 spiro atoms. The second kappa shape index (κ2) is 6.41. The Hall–Kier alpha value is -2.66. The van der Waals surface area contributed by atoms with Crippen molar-refractivity contribution in [1.82, 2.24) is 15.0 Å². The van der Waals surface area contributed by atoms with E-state index in [0.29, 0.717) is 16.6 Å². The number of benzene rings is 1. The average molecular weight is 313 g/mol. The number of nitrogens with zero attached hydrogens (tertiary/aromatic N) is 3. The molecular weight excluding hydrogens is 300 g/mol. The third kappa shape index (κ3) is 2.84. The van der Waals surface area contributed by atoms with Crippen LogP contribution in [0.2, 0.25) is 5.02 Å². The Balaban J connectivity index is 2.06. The highest BCUT2D eigenvalue weighted by Gasteiger charge is 2.12. The molecule has 3 aromatic rings.